The average molecular weight is 292 g/mol. The molecule has 0 saturated heterocycles. The lowest BCUT2D eigenvalue weighted by Crippen LogP contribution is -2.23. The molecule has 0 spiro atoms. The van der Waals surface area contributed by atoms with Gasteiger partial charge in [0.05, 0.1) is 0 Å². The summed E-state index contributed by atoms with van der Waals surface area (Å²) in [6.45, 7) is 1.52. The third kappa shape index (κ3) is 3.51. The Kier molecular flexibility index (Phi) is 4.55. The van der Waals surface area contributed by atoms with Crippen molar-refractivity contribution in [1.29, 1.82) is 0 Å². The van der Waals surface area contributed by atoms with Crippen molar-refractivity contribution in [1.82, 2.24) is 9.36 Å². The number of hydrogen-bond donors (Lipinski definition) is 5. The minimum Gasteiger partial charge on any atom is -0.412 e. The zero-order valence-electron chi connectivity index (χ0n) is 8.70. The molecule has 7 N–H and O–H groups in total. The summed E-state index contributed by atoms with van der Waals surface area (Å²) in [6, 6.07) is 0. The Bertz CT molecular complexity index is 424. The van der Waals surface area contributed by atoms with Gasteiger partial charge in [-0.2, -0.15) is 0 Å². The van der Waals surface area contributed by atoms with Crippen LogP contribution in [0.5, 0.6) is 0 Å². The Morgan fingerprint density at radius 2 is 1.35 bits per heavy atom. The van der Waals surface area contributed by atoms with Gasteiger partial charge in [-0.25, -0.2) is 0 Å². The second-order valence-corrected chi connectivity index (χ2v) is 7.65. The molecule has 10 nitrogen and oxygen atoms in total. The second-order valence-electron chi connectivity index (χ2n) is 3.38. The third-order valence-corrected chi connectivity index (χ3v) is 5.82. The van der Waals surface area contributed by atoms with E-state index >= 15 is 0 Å². The van der Waals surface area contributed by atoms with Crippen LogP contribution >= 0.6 is 15.2 Å². The van der Waals surface area contributed by atoms with E-state index in [-0.39, 0.29) is 5.48 Å². The zero-order chi connectivity index (χ0) is 12.8. The van der Waals surface area contributed by atoms with E-state index in [4.69, 9.17) is 24.7 Å². The first-order valence-electron chi connectivity index (χ1n) is 4.02. The summed E-state index contributed by atoms with van der Waals surface area (Å²) in [7, 11) is -10.4. The average Bonchev–Trinajstić information content (AvgIpc) is 2.54. The Hall–Kier alpha value is -0.440. The van der Waals surface area contributed by atoms with Crippen molar-refractivity contribution in [3.8, 4) is 0 Å². The summed E-state index contributed by atoms with van der Waals surface area (Å²) >= 11 is 0. The fourth-order valence-electron chi connectivity index (χ4n) is 0.639. The van der Waals surface area contributed by atoms with Crippen LogP contribution in [-0.4, -0.2) is 44.6 Å². The van der Waals surface area contributed by atoms with Gasteiger partial charge in [0.15, 0.2) is 0 Å². The molecule has 0 unspecified atom stereocenters. The molecule has 0 atom stereocenters. The van der Waals surface area contributed by atoms with Crippen LogP contribution in [-0.2, 0) is 15.8 Å². The van der Waals surface area contributed by atoms with Gasteiger partial charge in [-0.1, -0.05) is 0 Å². The molecule has 0 aliphatic carbocycles. The molecular formula is C5H14N2O8P2. The number of nitrogens with zero attached hydrogens (tertiary/aromatic N) is 2. The van der Waals surface area contributed by atoms with Gasteiger partial charge in [-0.15, -0.1) is 0 Å². The molecular weight excluding hydrogens is 278 g/mol. The van der Waals surface area contributed by atoms with Gasteiger partial charge in [0, 0.05) is 12.4 Å². The van der Waals surface area contributed by atoms with Crippen LogP contribution in [0.1, 0.15) is 6.92 Å². The maximum absolute atomic E-state index is 10.3. The minimum absolute atomic E-state index is 0. The van der Waals surface area contributed by atoms with Crippen LogP contribution in [0.2, 0.25) is 0 Å². The van der Waals surface area contributed by atoms with Gasteiger partial charge in [0.2, 0.25) is 0 Å². The molecule has 2 heterocycles. The Labute approximate surface area is 95.7 Å². The summed E-state index contributed by atoms with van der Waals surface area (Å²) in [5.74, 6) is 0. The Balaban J connectivity index is 0.000000347. The van der Waals surface area contributed by atoms with E-state index in [1.54, 1.807) is 0 Å². The fourth-order valence-corrected chi connectivity index (χ4v) is 2.00. The molecule has 0 radical (unpaired) electrons. The monoisotopic (exact) mass is 292 g/mol. The summed E-state index contributed by atoms with van der Waals surface area (Å²) in [6.07, 6.45) is 4.11. The molecule has 12 heteroatoms. The predicted molar refractivity (Wildman–Crippen MR) is 56.1 cm³/mol. The molecule has 1 aliphatic rings. The minimum atomic E-state index is -5.20. The van der Waals surface area contributed by atoms with Gasteiger partial charge in [-0.05, 0) is 6.92 Å². The van der Waals surface area contributed by atoms with Gasteiger partial charge >= 0.3 is 15.2 Å². The third-order valence-electron chi connectivity index (χ3n) is 2.05. The highest BCUT2D eigenvalue weighted by atomic mass is 31.2. The van der Waals surface area contributed by atoms with Crippen molar-refractivity contribution in [3.05, 3.63) is 12.4 Å². The summed E-state index contributed by atoms with van der Waals surface area (Å²) in [4.78, 5) is 33.0. The zero-order valence-corrected chi connectivity index (χ0v) is 10.5. The van der Waals surface area contributed by atoms with Crippen LogP contribution in [0.4, 0.5) is 0 Å². The lowest BCUT2D eigenvalue weighted by atomic mass is 10.9. The highest BCUT2D eigenvalue weighted by molar-refractivity contribution is 7.71. The van der Waals surface area contributed by atoms with Crippen LogP contribution < -0.4 is 0 Å². The van der Waals surface area contributed by atoms with Gasteiger partial charge in [0.25, 0.3) is 5.08 Å². The summed E-state index contributed by atoms with van der Waals surface area (Å²) in [5.41, 5.74) is 0. The number of aromatic nitrogens is 2. The molecule has 17 heavy (non-hydrogen) atoms. The van der Waals surface area contributed by atoms with E-state index < -0.39 is 20.3 Å². The number of rotatable bonds is 2. The predicted octanol–water partition coefficient (Wildman–Crippen LogP) is -1.71. The van der Waals surface area contributed by atoms with Crippen LogP contribution in [0.3, 0.4) is 0 Å². The summed E-state index contributed by atoms with van der Waals surface area (Å²) < 4.78 is 24.8. The van der Waals surface area contributed by atoms with Crippen molar-refractivity contribution < 1.29 is 39.3 Å². The number of aliphatic hydroxyl groups is 1. The van der Waals surface area contributed by atoms with Gasteiger partial charge in [-0.3, -0.25) is 18.5 Å². The lowest BCUT2D eigenvalue weighted by molar-refractivity contribution is 0.146. The first-order valence-corrected chi connectivity index (χ1v) is 7.24. The molecule has 1 aromatic heterocycles. The Morgan fingerprint density at radius 3 is 1.35 bits per heavy atom. The maximum Gasteiger partial charge on any atom is 0.369 e. The van der Waals surface area contributed by atoms with E-state index in [2.05, 4.69) is 21.8 Å². The van der Waals surface area contributed by atoms with Crippen molar-refractivity contribution in [2.45, 2.75) is 18.7 Å². The standard InChI is InChI=1S/C3H4N2.C2H8O7P2.H2O/c1-2-5-3-4(1)5;1-2(3,10(4,5)6)11(7,8)9;/h1-2H,3H2;3H,1H3,(H2,4,5,6)(H2,7,8,9);1H2. The Morgan fingerprint density at radius 1 is 1.06 bits per heavy atom. The topological polar surface area (TPSA) is 177 Å². The highest BCUT2D eigenvalue weighted by Crippen LogP contribution is 2.66. The lowest BCUT2D eigenvalue weighted by Gasteiger charge is -2.24. The quantitative estimate of drug-likeness (QED) is 0.409. The number of fused-ring (bicyclic) bond motifs is 1. The van der Waals surface area contributed by atoms with Crippen LogP contribution in [0.25, 0.3) is 0 Å². The van der Waals surface area contributed by atoms with E-state index in [1.165, 1.54) is 0 Å². The highest BCUT2D eigenvalue weighted by Gasteiger charge is 2.55. The second kappa shape index (κ2) is 4.68. The van der Waals surface area contributed by atoms with Gasteiger partial charge < -0.3 is 30.2 Å². The van der Waals surface area contributed by atoms with Crippen molar-refractivity contribution in [2.24, 2.45) is 0 Å². The van der Waals surface area contributed by atoms with Crippen molar-refractivity contribution >= 4 is 15.2 Å². The molecule has 0 aromatic carbocycles. The molecule has 0 amide bonds. The largest absolute Gasteiger partial charge is 0.412 e. The fraction of sp³-hybridized carbons (Fsp3) is 0.600. The molecule has 102 valence electrons. The molecule has 0 fully saturated rings. The van der Waals surface area contributed by atoms with E-state index in [9.17, 15) is 9.13 Å². The van der Waals surface area contributed by atoms with E-state index in [0.29, 0.717) is 6.92 Å². The molecule has 0 saturated carbocycles. The summed E-state index contributed by atoms with van der Waals surface area (Å²) in [5, 5.41) is 5.37. The van der Waals surface area contributed by atoms with Gasteiger partial charge in [0.1, 0.15) is 6.67 Å². The van der Waals surface area contributed by atoms with E-state index in [1.807, 2.05) is 0 Å². The SMILES string of the molecule is CC(O)(P(=O)(O)O)P(=O)(O)O.O.c1cn2n1C2. The smallest absolute Gasteiger partial charge is 0.369 e. The van der Waals surface area contributed by atoms with Crippen LogP contribution in [0.15, 0.2) is 12.4 Å². The molecule has 1 aromatic rings. The molecule has 1 aliphatic heterocycles. The molecule has 0 bridgehead atoms. The van der Waals surface area contributed by atoms with Crippen LogP contribution in [0, 0.1) is 0 Å². The van der Waals surface area contributed by atoms with Crippen molar-refractivity contribution in [2.75, 3.05) is 0 Å². The maximum atomic E-state index is 10.3. The first-order chi connectivity index (χ1) is 6.97. The normalized spacial score (nSPS) is 14.2. The van der Waals surface area contributed by atoms with Crippen molar-refractivity contribution in [3.63, 3.8) is 0 Å². The first kappa shape index (κ1) is 16.6. The number of hydrogen-bond acceptors (Lipinski definition) is 3. The van der Waals surface area contributed by atoms with E-state index in [0.717, 1.165) is 6.67 Å². The molecule has 2 rings (SSSR count).